The fraction of sp³-hybridized carbons (Fsp3) is 0.294. The van der Waals surface area contributed by atoms with E-state index >= 15 is 0 Å². The lowest BCUT2D eigenvalue weighted by atomic mass is 10.0. The number of para-hydroxylation sites is 1. The fourth-order valence-electron chi connectivity index (χ4n) is 2.10. The summed E-state index contributed by atoms with van der Waals surface area (Å²) < 4.78 is 11.3. The van der Waals surface area contributed by atoms with E-state index in [4.69, 9.17) is 15.2 Å². The van der Waals surface area contributed by atoms with Crippen molar-refractivity contribution < 1.29 is 9.47 Å². The third-order valence-electron chi connectivity index (χ3n) is 3.27. The smallest absolute Gasteiger partial charge is 0.138 e. The summed E-state index contributed by atoms with van der Waals surface area (Å²) in [5.74, 6) is 1.69. The van der Waals surface area contributed by atoms with E-state index < -0.39 is 0 Å². The lowest BCUT2D eigenvalue weighted by Gasteiger charge is -2.24. The molecular formula is C17H21NO2. The van der Waals surface area contributed by atoms with Crippen molar-refractivity contribution in [3.05, 3.63) is 59.7 Å². The van der Waals surface area contributed by atoms with Gasteiger partial charge in [0.15, 0.2) is 0 Å². The van der Waals surface area contributed by atoms with Gasteiger partial charge in [-0.3, -0.25) is 0 Å². The Labute approximate surface area is 120 Å². The first-order valence-corrected chi connectivity index (χ1v) is 6.73. The van der Waals surface area contributed by atoms with E-state index in [0.29, 0.717) is 0 Å². The molecule has 0 aliphatic heterocycles. The van der Waals surface area contributed by atoms with Crippen molar-refractivity contribution in [3.63, 3.8) is 0 Å². The van der Waals surface area contributed by atoms with E-state index in [1.165, 1.54) is 0 Å². The standard InChI is InChI=1S/C17H21NO2/c1-12-6-4-5-7-16(12)20-17(13(2)18)14-8-10-15(19-3)11-9-14/h4-11,13,17H,18H2,1-3H3. The molecule has 2 atom stereocenters. The summed E-state index contributed by atoms with van der Waals surface area (Å²) in [6.45, 7) is 3.98. The molecule has 0 aliphatic carbocycles. The Balaban J connectivity index is 2.25. The molecule has 0 spiro atoms. The number of hydrogen-bond acceptors (Lipinski definition) is 3. The molecule has 2 aromatic carbocycles. The van der Waals surface area contributed by atoms with Crippen LogP contribution in [0.5, 0.6) is 11.5 Å². The third-order valence-corrected chi connectivity index (χ3v) is 3.27. The minimum Gasteiger partial charge on any atom is -0.497 e. The zero-order chi connectivity index (χ0) is 14.5. The van der Waals surface area contributed by atoms with Gasteiger partial charge in [-0.1, -0.05) is 30.3 Å². The minimum absolute atomic E-state index is 0.108. The Kier molecular flexibility index (Phi) is 4.64. The number of hydrogen-bond donors (Lipinski definition) is 1. The van der Waals surface area contributed by atoms with Gasteiger partial charge in [-0.15, -0.1) is 0 Å². The first kappa shape index (κ1) is 14.4. The van der Waals surface area contributed by atoms with Crippen LogP contribution in [-0.2, 0) is 0 Å². The van der Waals surface area contributed by atoms with E-state index in [0.717, 1.165) is 22.6 Å². The lowest BCUT2D eigenvalue weighted by molar-refractivity contribution is 0.179. The molecular weight excluding hydrogens is 250 g/mol. The number of nitrogens with two attached hydrogens (primary N) is 1. The molecule has 0 bridgehead atoms. The summed E-state index contributed by atoms with van der Waals surface area (Å²) >= 11 is 0. The Morgan fingerprint density at radius 2 is 1.65 bits per heavy atom. The second kappa shape index (κ2) is 6.44. The molecule has 0 aromatic heterocycles. The predicted molar refractivity (Wildman–Crippen MR) is 81.2 cm³/mol. The maximum Gasteiger partial charge on any atom is 0.138 e. The van der Waals surface area contributed by atoms with Crippen LogP contribution in [0.3, 0.4) is 0 Å². The van der Waals surface area contributed by atoms with Gasteiger partial charge >= 0.3 is 0 Å². The lowest BCUT2D eigenvalue weighted by Crippen LogP contribution is -2.29. The first-order chi connectivity index (χ1) is 9.61. The van der Waals surface area contributed by atoms with Gasteiger partial charge < -0.3 is 15.2 Å². The maximum absolute atomic E-state index is 6.10. The molecule has 0 amide bonds. The largest absolute Gasteiger partial charge is 0.497 e. The van der Waals surface area contributed by atoms with E-state index in [2.05, 4.69) is 0 Å². The topological polar surface area (TPSA) is 44.5 Å². The number of ether oxygens (including phenoxy) is 2. The van der Waals surface area contributed by atoms with Crippen LogP contribution in [0.15, 0.2) is 48.5 Å². The molecule has 0 saturated heterocycles. The molecule has 0 fully saturated rings. The van der Waals surface area contributed by atoms with Crippen LogP contribution in [0, 0.1) is 6.92 Å². The van der Waals surface area contributed by atoms with Gasteiger partial charge in [-0.25, -0.2) is 0 Å². The van der Waals surface area contributed by atoms with Crippen molar-refractivity contribution in [1.82, 2.24) is 0 Å². The Morgan fingerprint density at radius 3 is 2.20 bits per heavy atom. The van der Waals surface area contributed by atoms with Crippen molar-refractivity contribution in [2.75, 3.05) is 7.11 Å². The summed E-state index contributed by atoms with van der Waals surface area (Å²) in [4.78, 5) is 0. The van der Waals surface area contributed by atoms with Crippen molar-refractivity contribution in [1.29, 1.82) is 0 Å². The molecule has 20 heavy (non-hydrogen) atoms. The number of methoxy groups -OCH3 is 1. The van der Waals surface area contributed by atoms with Crippen LogP contribution < -0.4 is 15.2 Å². The zero-order valence-electron chi connectivity index (χ0n) is 12.2. The molecule has 3 nitrogen and oxygen atoms in total. The minimum atomic E-state index is -0.179. The van der Waals surface area contributed by atoms with Gasteiger partial charge in [0.1, 0.15) is 17.6 Å². The summed E-state index contributed by atoms with van der Waals surface area (Å²) in [5, 5.41) is 0. The molecule has 3 heteroatoms. The Bertz CT molecular complexity index is 549. The fourth-order valence-corrected chi connectivity index (χ4v) is 2.10. The van der Waals surface area contributed by atoms with Crippen molar-refractivity contribution in [3.8, 4) is 11.5 Å². The van der Waals surface area contributed by atoms with E-state index in [1.54, 1.807) is 7.11 Å². The first-order valence-electron chi connectivity index (χ1n) is 6.73. The summed E-state index contributed by atoms with van der Waals surface area (Å²) in [6.07, 6.45) is -0.179. The molecule has 106 valence electrons. The molecule has 0 radical (unpaired) electrons. The van der Waals surface area contributed by atoms with Crippen LogP contribution in [0.4, 0.5) is 0 Å². The van der Waals surface area contributed by atoms with Crippen LogP contribution in [0.1, 0.15) is 24.2 Å². The molecule has 2 N–H and O–H groups in total. The van der Waals surface area contributed by atoms with Crippen molar-refractivity contribution >= 4 is 0 Å². The third kappa shape index (κ3) is 3.31. The van der Waals surface area contributed by atoms with Crippen LogP contribution in [-0.4, -0.2) is 13.2 Å². The van der Waals surface area contributed by atoms with E-state index in [9.17, 15) is 0 Å². The van der Waals surface area contributed by atoms with Crippen molar-refractivity contribution in [2.45, 2.75) is 26.0 Å². The quantitative estimate of drug-likeness (QED) is 0.905. The Morgan fingerprint density at radius 1 is 1.00 bits per heavy atom. The molecule has 0 saturated carbocycles. The Hall–Kier alpha value is -2.00. The molecule has 2 aromatic rings. The monoisotopic (exact) mass is 271 g/mol. The van der Waals surface area contributed by atoms with Crippen LogP contribution in [0.2, 0.25) is 0 Å². The molecule has 0 aliphatic rings. The van der Waals surface area contributed by atoms with Gasteiger partial charge in [-0.2, -0.15) is 0 Å². The summed E-state index contributed by atoms with van der Waals surface area (Å²) in [6, 6.07) is 15.7. The highest BCUT2D eigenvalue weighted by atomic mass is 16.5. The molecule has 2 rings (SSSR count). The average Bonchev–Trinajstić information content (AvgIpc) is 2.46. The van der Waals surface area contributed by atoms with Crippen LogP contribution in [0.25, 0.3) is 0 Å². The number of benzene rings is 2. The van der Waals surface area contributed by atoms with Crippen LogP contribution >= 0.6 is 0 Å². The average molecular weight is 271 g/mol. The SMILES string of the molecule is COc1ccc(C(Oc2ccccc2C)C(C)N)cc1. The van der Waals surface area contributed by atoms with Gasteiger partial charge in [-0.05, 0) is 43.2 Å². The van der Waals surface area contributed by atoms with Gasteiger partial charge in [0.05, 0.1) is 7.11 Å². The highest BCUT2D eigenvalue weighted by molar-refractivity contribution is 5.34. The maximum atomic E-state index is 6.10. The molecule has 0 heterocycles. The molecule has 2 unspecified atom stereocenters. The van der Waals surface area contributed by atoms with Gasteiger partial charge in [0.2, 0.25) is 0 Å². The normalized spacial score (nSPS) is 13.6. The van der Waals surface area contributed by atoms with Gasteiger partial charge in [0, 0.05) is 6.04 Å². The van der Waals surface area contributed by atoms with E-state index in [-0.39, 0.29) is 12.1 Å². The second-order valence-corrected chi connectivity index (χ2v) is 4.94. The highest BCUT2D eigenvalue weighted by Crippen LogP contribution is 2.27. The summed E-state index contributed by atoms with van der Waals surface area (Å²) in [7, 11) is 1.65. The van der Waals surface area contributed by atoms with Gasteiger partial charge in [0.25, 0.3) is 0 Å². The second-order valence-electron chi connectivity index (χ2n) is 4.94. The zero-order valence-corrected chi connectivity index (χ0v) is 12.2. The number of aryl methyl sites for hydroxylation is 1. The van der Waals surface area contributed by atoms with Crippen molar-refractivity contribution in [2.24, 2.45) is 5.73 Å². The highest BCUT2D eigenvalue weighted by Gasteiger charge is 2.19. The summed E-state index contributed by atoms with van der Waals surface area (Å²) in [5.41, 5.74) is 8.23. The number of rotatable bonds is 5. The van der Waals surface area contributed by atoms with E-state index in [1.807, 2.05) is 62.4 Å². The predicted octanol–water partition coefficient (Wildman–Crippen LogP) is 3.47.